The predicted octanol–water partition coefficient (Wildman–Crippen LogP) is 12.4. The number of aromatic nitrogens is 2. The standard InChI is InChI=1S/C52H39N5/c1-54-52(37-18-7-3-8-19-37)57(54)51(53-35-36-16-5-2-6-17-36)40-20-15-23-42(32-40)56-47-26-13-11-24-43(47)45-30-28-39(34-50(45)56)38-29-31-49-46(33-38)44-25-12-14-27-48(44)55(49)41-21-9-4-10-22-41/h2-34,52H,35H2,1H3. The van der Waals surface area contributed by atoms with Gasteiger partial charge in [0.1, 0.15) is 12.0 Å². The third kappa shape index (κ3) is 5.63. The second-order valence-corrected chi connectivity index (χ2v) is 14.9. The van der Waals surface area contributed by atoms with Crippen molar-refractivity contribution in [3.8, 4) is 22.5 Å². The summed E-state index contributed by atoms with van der Waals surface area (Å²) in [6.45, 7) is 0.597. The van der Waals surface area contributed by atoms with Crippen LogP contribution in [-0.4, -0.2) is 32.0 Å². The number of hydrazine groups is 1. The van der Waals surface area contributed by atoms with E-state index in [1.165, 1.54) is 71.6 Å². The van der Waals surface area contributed by atoms with Crippen molar-refractivity contribution in [2.75, 3.05) is 7.05 Å². The van der Waals surface area contributed by atoms with Crippen molar-refractivity contribution in [3.63, 3.8) is 0 Å². The van der Waals surface area contributed by atoms with Crippen LogP contribution in [0.1, 0.15) is 22.9 Å². The summed E-state index contributed by atoms with van der Waals surface area (Å²) in [5.74, 6) is 0.960. The molecule has 0 spiro atoms. The lowest BCUT2D eigenvalue weighted by molar-refractivity contribution is 0.478. The van der Waals surface area contributed by atoms with Crippen molar-refractivity contribution >= 4 is 49.4 Å². The van der Waals surface area contributed by atoms with Gasteiger partial charge < -0.3 is 9.13 Å². The molecule has 3 heterocycles. The average Bonchev–Trinajstić information content (AvgIpc) is 3.65. The molecule has 10 aromatic rings. The molecule has 0 aliphatic carbocycles. The van der Waals surface area contributed by atoms with Crippen molar-refractivity contribution in [2.45, 2.75) is 12.7 Å². The minimum Gasteiger partial charge on any atom is -0.309 e. The third-order valence-electron chi connectivity index (χ3n) is 11.5. The van der Waals surface area contributed by atoms with E-state index in [4.69, 9.17) is 4.99 Å². The number of para-hydroxylation sites is 3. The first-order valence-corrected chi connectivity index (χ1v) is 19.6. The predicted molar refractivity (Wildman–Crippen MR) is 236 cm³/mol. The number of hydrogen-bond donors (Lipinski definition) is 0. The summed E-state index contributed by atoms with van der Waals surface area (Å²) in [6, 6.07) is 72.1. The van der Waals surface area contributed by atoms with E-state index < -0.39 is 0 Å². The highest BCUT2D eigenvalue weighted by molar-refractivity contribution is 6.12. The maximum absolute atomic E-state index is 5.31. The normalized spacial score (nSPS) is 15.6. The Bertz CT molecular complexity index is 3120. The van der Waals surface area contributed by atoms with Crippen LogP contribution in [0, 0.1) is 0 Å². The third-order valence-corrected chi connectivity index (χ3v) is 11.5. The fourth-order valence-electron chi connectivity index (χ4n) is 8.77. The lowest BCUT2D eigenvalue weighted by Gasteiger charge is -2.14. The number of nitrogens with zero attached hydrogens (tertiary/aromatic N) is 5. The lowest BCUT2D eigenvalue weighted by atomic mass is 10.0. The molecule has 0 bridgehead atoms. The topological polar surface area (TPSA) is 28.2 Å². The van der Waals surface area contributed by atoms with E-state index in [1.807, 2.05) is 0 Å². The van der Waals surface area contributed by atoms with Crippen LogP contribution >= 0.6 is 0 Å². The average molecular weight is 734 g/mol. The highest BCUT2D eigenvalue weighted by Gasteiger charge is 2.46. The second-order valence-electron chi connectivity index (χ2n) is 14.9. The smallest absolute Gasteiger partial charge is 0.147 e. The molecule has 2 unspecified atom stereocenters. The molecule has 5 heteroatoms. The molecule has 0 amide bonds. The van der Waals surface area contributed by atoms with E-state index >= 15 is 0 Å². The Kier molecular flexibility index (Phi) is 7.86. The number of benzene rings is 8. The largest absolute Gasteiger partial charge is 0.309 e. The first-order chi connectivity index (χ1) is 28.2. The molecule has 8 aromatic carbocycles. The molecule has 2 atom stereocenters. The van der Waals surface area contributed by atoms with Crippen LogP contribution in [0.15, 0.2) is 205 Å². The van der Waals surface area contributed by atoms with E-state index in [0.717, 1.165) is 17.1 Å². The van der Waals surface area contributed by atoms with Crippen LogP contribution < -0.4 is 0 Å². The summed E-state index contributed by atoms with van der Waals surface area (Å²) in [5, 5.41) is 9.55. The molecule has 1 saturated heterocycles. The van der Waals surface area contributed by atoms with Gasteiger partial charge in [0, 0.05) is 45.5 Å². The quantitative estimate of drug-likeness (QED) is 0.0927. The van der Waals surface area contributed by atoms with Crippen molar-refractivity contribution in [3.05, 3.63) is 217 Å². The monoisotopic (exact) mass is 733 g/mol. The fraction of sp³-hybridized carbons (Fsp3) is 0.0577. The van der Waals surface area contributed by atoms with Gasteiger partial charge in [-0.25, -0.2) is 0 Å². The van der Waals surface area contributed by atoms with E-state index in [0.29, 0.717) is 6.54 Å². The van der Waals surface area contributed by atoms with Gasteiger partial charge in [-0.05, 0) is 76.9 Å². The number of aliphatic imine (C=N–C) groups is 1. The second kappa shape index (κ2) is 13.5. The van der Waals surface area contributed by atoms with Crippen molar-refractivity contribution in [1.82, 2.24) is 19.2 Å². The summed E-state index contributed by atoms with van der Waals surface area (Å²) in [6.07, 6.45) is 0.124. The Hall–Kier alpha value is -7.21. The van der Waals surface area contributed by atoms with Gasteiger partial charge in [-0.3, -0.25) is 10.0 Å². The summed E-state index contributed by atoms with van der Waals surface area (Å²) in [7, 11) is 2.14. The molecular formula is C52H39N5. The minimum atomic E-state index is 0.124. The van der Waals surface area contributed by atoms with Gasteiger partial charge in [0.25, 0.3) is 0 Å². The minimum absolute atomic E-state index is 0.124. The molecule has 2 aromatic heterocycles. The molecule has 0 N–H and O–H groups in total. The molecule has 1 aliphatic heterocycles. The molecule has 272 valence electrons. The molecule has 1 aliphatic rings. The maximum atomic E-state index is 5.31. The number of amidine groups is 1. The Labute approximate surface area is 331 Å². The molecule has 5 nitrogen and oxygen atoms in total. The fourth-order valence-corrected chi connectivity index (χ4v) is 8.77. The summed E-state index contributed by atoms with van der Waals surface area (Å²) in [4.78, 5) is 5.31. The van der Waals surface area contributed by atoms with E-state index in [-0.39, 0.29) is 6.17 Å². The molecular weight excluding hydrogens is 695 g/mol. The summed E-state index contributed by atoms with van der Waals surface area (Å²) >= 11 is 0. The molecule has 1 fully saturated rings. The number of fused-ring (bicyclic) bond motifs is 6. The zero-order valence-corrected chi connectivity index (χ0v) is 31.6. The summed E-state index contributed by atoms with van der Waals surface area (Å²) < 4.78 is 4.80. The van der Waals surface area contributed by atoms with Gasteiger partial charge in [0.2, 0.25) is 0 Å². The number of rotatable bonds is 7. The SMILES string of the molecule is CN1C(c2ccccc2)N1C(=NCc1ccccc1)c1cccc(-n2c3ccccc3c3ccc(-c4ccc5c(c4)c4ccccc4n5-c4ccccc4)cc32)c1. The Morgan fingerprint density at radius 3 is 1.77 bits per heavy atom. The van der Waals surface area contributed by atoms with Gasteiger partial charge >= 0.3 is 0 Å². The van der Waals surface area contributed by atoms with Crippen molar-refractivity contribution < 1.29 is 0 Å². The van der Waals surface area contributed by atoms with Crippen molar-refractivity contribution in [2.24, 2.45) is 4.99 Å². The van der Waals surface area contributed by atoms with Crippen LogP contribution in [0.4, 0.5) is 0 Å². The highest BCUT2D eigenvalue weighted by atomic mass is 15.9. The lowest BCUT2D eigenvalue weighted by Crippen LogP contribution is -2.17. The van der Waals surface area contributed by atoms with Gasteiger partial charge in [-0.15, -0.1) is 0 Å². The maximum Gasteiger partial charge on any atom is 0.147 e. The summed E-state index contributed by atoms with van der Waals surface area (Å²) in [5.41, 5.74) is 12.9. The van der Waals surface area contributed by atoms with E-state index in [1.54, 1.807) is 0 Å². The Morgan fingerprint density at radius 1 is 0.456 bits per heavy atom. The number of hydrogen-bond acceptors (Lipinski definition) is 2. The van der Waals surface area contributed by atoms with Gasteiger partial charge in [0.05, 0.1) is 28.6 Å². The zero-order valence-electron chi connectivity index (χ0n) is 31.6. The molecule has 57 heavy (non-hydrogen) atoms. The van der Waals surface area contributed by atoms with Crippen molar-refractivity contribution in [1.29, 1.82) is 0 Å². The zero-order chi connectivity index (χ0) is 37.9. The van der Waals surface area contributed by atoms with Gasteiger partial charge in [-0.2, -0.15) is 5.01 Å². The van der Waals surface area contributed by atoms with E-state index in [9.17, 15) is 0 Å². The molecule has 11 rings (SSSR count). The van der Waals surface area contributed by atoms with Gasteiger partial charge in [0.15, 0.2) is 0 Å². The van der Waals surface area contributed by atoms with Crippen LogP contribution in [0.2, 0.25) is 0 Å². The van der Waals surface area contributed by atoms with Gasteiger partial charge in [-0.1, -0.05) is 146 Å². The highest BCUT2D eigenvalue weighted by Crippen LogP contribution is 2.42. The van der Waals surface area contributed by atoms with Crippen LogP contribution in [-0.2, 0) is 6.54 Å². The molecule has 0 radical (unpaired) electrons. The Morgan fingerprint density at radius 2 is 1.02 bits per heavy atom. The van der Waals surface area contributed by atoms with Crippen LogP contribution in [0.5, 0.6) is 0 Å². The van der Waals surface area contributed by atoms with Crippen LogP contribution in [0.3, 0.4) is 0 Å². The molecule has 0 saturated carbocycles. The first-order valence-electron chi connectivity index (χ1n) is 19.6. The Balaban J connectivity index is 1.05. The first kappa shape index (κ1) is 33.2. The van der Waals surface area contributed by atoms with E-state index in [2.05, 4.69) is 226 Å². The van der Waals surface area contributed by atoms with Crippen LogP contribution in [0.25, 0.3) is 66.1 Å².